The SMILES string of the molecule is CCn1nc(NC2CCC(O)CC2)c(C#N)c1N. The largest absolute Gasteiger partial charge is 0.393 e. The molecule has 2 rings (SSSR count). The van der Waals surface area contributed by atoms with Gasteiger partial charge in [0.1, 0.15) is 17.5 Å². The average Bonchev–Trinajstić information content (AvgIpc) is 2.68. The van der Waals surface area contributed by atoms with Gasteiger partial charge in [0.15, 0.2) is 5.82 Å². The van der Waals surface area contributed by atoms with Crippen molar-refractivity contribution in [3.05, 3.63) is 5.56 Å². The van der Waals surface area contributed by atoms with Crippen LogP contribution >= 0.6 is 0 Å². The van der Waals surface area contributed by atoms with Crippen LogP contribution in [0, 0.1) is 11.3 Å². The lowest BCUT2D eigenvalue weighted by molar-refractivity contribution is 0.126. The number of anilines is 2. The number of nitriles is 1. The molecule has 0 unspecified atom stereocenters. The molecule has 0 bridgehead atoms. The molecule has 18 heavy (non-hydrogen) atoms. The molecule has 0 saturated heterocycles. The van der Waals surface area contributed by atoms with Crippen molar-refractivity contribution in [2.75, 3.05) is 11.1 Å². The van der Waals surface area contributed by atoms with E-state index in [0.717, 1.165) is 25.7 Å². The van der Waals surface area contributed by atoms with E-state index < -0.39 is 0 Å². The highest BCUT2D eigenvalue weighted by molar-refractivity contribution is 5.64. The van der Waals surface area contributed by atoms with Crippen LogP contribution in [-0.4, -0.2) is 27.0 Å². The molecule has 1 aromatic rings. The van der Waals surface area contributed by atoms with Crippen molar-refractivity contribution in [3.63, 3.8) is 0 Å². The number of hydrogen-bond acceptors (Lipinski definition) is 5. The van der Waals surface area contributed by atoms with Crippen molar-refractivity contribution in [1.82, 2.24) is 9.78 Å². The molecule has 98 valence electrons. The first-order valence-electron chi connectivity index (χ1n) is 6.36. The van der Waals surface area contributed by atoms with Crippen LogP contribution in [-0.2, 0) is 6.54 Å². The molecule has 0 aliphatic heterocycles. The molecule has 6 nitrogen and oxygen atoms in total. The molecule has 1 saturated carbocycles. The first-order chi connectivity index (χ1) is 8.65. The summed E-state index contributed by atoms with van der Waals surface area (Å²) in [5.74, 6) is 0.983. The molecular weight excluding hydrogens is 230 g/mol. The molecule has 0 aromatic carbocycles. The number of nitrogens with one attached hydrogen (secondary N) is 1. The summed E-state index contributed by atoms with van der Waals surface area (Å²) >= 11 is 0. The van der Waals surface area contributed by atoms with E-state index in [1.807, 2.05) is 6.92 Å². The zero-order chi connectivity index (χ0) is 13.1. The van der Waals surface area contributed by atoms with E-state index in [9.17, 15) is 5.11 Å². The Morgan fingerprint density at radius 1 is 1.50 bits per heavy atom. The Morgan fingerprint density at radius 2 is 2.17 bits per heavy atom. The fourth-order valence-corrected chi connectivity index (χ4v) is 2.34. The number of rotatable bonds is 3. The number of aliphatic hydroxyl groups is 1. The number of aliphatic hydroxyl groups excluding tert-OH is 1. The van der Waals surface area contributed by atoms with Gasteiger partial charge < -0.3 is 16.2 Å². The Labute approximate surface area is 106 Å². The lowest BCUT2D eigenvalue weighted by Crippen LogP contribution is -2.28. The first kappa shape index (κ1) is 12.7. The molecular formula is C12H19N5O. The van der Waals surface area contributed by atoms with Gasteiger partial charge in [0.05, 0.1) is 6.10 Å². The minimum atomic E-state index is -0.184. The van der Waals surface area contributed by atoms with E-state index in [1.54, 1.807) is 4.68 Å². The topological polar surface area (TPSA) is 99.9 Å². The Hall–Kier alpha value is -1.74. The fourth-order valence-electron chi connectivity index (χ4n) is 2.34. The van der Waals surface area contributed by atoms with Crippen molar-refractivity contribution >= 4 is 11.6 Å². The molecule has 1 aliphatic carbocycles. The molecule has 6 heteroatoms. The van der Waals surface area contributed by atoms with Gasteiger partial charge in [-0.3, -0.25) is 0 Å². The number of aryl methyl sites for hydroxylation is 1. The predicted molar refractivity (Wildman–Crippen MR) is 68.9 cm³/mol. The second-order valence-corrected chi connectivity index (χ2v) is 4.69. The number of aromatic nitrogens is 2. The first-order valence-corrected chi connectivity index (χ1v) is 6.36. The normalized spacial score (nSPS) is 23.6. The Bertz CT molecular complexity index is 454. The third-order valence-electron chi connectivity index (χ3n) is 3.44. The van der Waals surface area contributed by atoms with Crippen LogP contribution in [0.5, 0.6) is 0 Å². The zero-order valence-corrected chi connectivity index (χ0v) is 10.6. The van der Waals surface area contributed by atoms with Crippen LogP contribution in [0.25, 0.3) is 0 Å². The molecule has 0 atom stereocenters. The Morgan fingerprint density at radius 3 is 2.72 bits per heavy atom. The van der Waals surface area contributed by atoms with Gasteiger partial charge in [-0.25, -0.2) is 4.68 Å². The summed E-state index contributed by atoms with van der Waals surface area (Å²) < 4.78 is 1.62. The summed E-state index contributed by atoms with van der Waals surface area (Å²) in [6.45, 7) is 2.58. The summed E-state index contributed by atoms with van der Waals surface area (Å²) in [4.78, 5) is 0. The molecule has 1 heterocycles. The highest BCUT2D eigenvalue weighted by atomic mass is 16.3. The molecule has 0 spiro atoms. The van der Waals surface area contributed by atoms with E-state index in [1.165, 1.54) is 0 Å². The lowest BCUT2D eigenvalue weighted by atomic mass is 9.93. The van der Waals surface area contributed by atoms with Crippen LogP contribution in [0.15, 0.2) is 0 Å². The second kappa shape index (κ2) is 5.27. The van der Waals surface area contributed by atoms with E-state index in [0.29, 0.717) is 23.7 Å². The average molecular weight is 249 g/mol. The number of nitrogens with zero attached hydrogens (tertiary/aromatic N) is 3. The molecule has 0 amide bonds. The summed E-state index contributed by atoms with van der Waals surface area (Å²) in [5.41, 5.74) is 6.27. The predicted octanol–water partition coefficient (Wildman–Crippen LogP) is 1.07. The Balaban J connectivity index is 2.12. The van der Waals surface area contributed by atoms with Crippen LogP contribution in [0.1, 0.15) is 38.2 Å². The Kier molecular flexibility index (Phi) is 3.72. The monoisotopic (exact) mass is 249 g/mol. The van der Waals surface area contributed by atoms with Gasteiger partial charge >= 0.3 is 0 Å². The van der Waals surface area contributed by atoms with Gasteiger partial charge in [-0.1, -0.05) is 0 Å². The summed E-state index contributed by atoms with van der Waals surface area (Å²) in [6.07, 6.45) is 3.19. The van der Waals surface area contributed by atoms with Crippen LogP contribution in [0.3, 0.4) is 0 Å². The van der Waals surface area contributed by atoms with Crippen LogP contribution in [0.2, 0.25) is 0 Å². The number of nitrogen functional groups attached to an aromatic ring is 1. The minimum absolute atomic E-state index is 0.184. The van der Waals surface area contributed by atoms with Gasteiger partial charge in [0, 0.05) is 12.6 Å². The molecule has 1 aliphatic rings. The van der Waals surface area contributed by atoms with E-state index >= 15 is 0 Å². The van der Waals surface area contributed by atoms with Gasteiger partial charge in [0.2, 0.25) is 0 Å². The van der Waals surface area contributed by atoms with E-state index in [2.05, 4.69) is 16.5 Å². The van der Waals surface area contributed by atoms with Crippen molar-refractivity contribution in [1.29, 1.82) is 5.26 Å². The van der Waals surface area contributed by atoms with E-state index in [-0.39, 0.29) is 12.1 Å². The lowest BCUT2D eigenvalue weighted by Gasteiger charge is -2.26. The zero-order valence-electron chi connectivity index (χ0n) is 10.6. The third kappa shape index (κ3) is 2.41. The highest BCUT2D eigenvalue weighted by Crippen LogP contribution is 2.25. The minimum Gasteiger partial charge on any atom is -0.393 e. The van der Waals surface area contributed by atoms with Gasteiger partial charge in [-0.2, -0.15) is 10.4 Å². The van der Waals surface area contributed by atoms with Gasteiger partial charge in [-0.05, 0) is 32.6 Å². The summed E-state index contributed by atoms with van der Waals surface area (Å²) in [7, 11) is 0. The smallest absolute Gasteiger partial charge is 0.168 e. The van der Waals surface area contributed by atoms with Crippen molar-refractivity contribution in [3.8, 4) is 6.07 Å². The number of hydrogen-bond donors (Lipinski definition) is 3. The summed E-state index contributed by atoms with van der Waals surface area (Å²) in [6, 6.07) is 2.36. The van der Waals surface area contributed by atoms with Crippen LogP contribution < -0.4 is 11.1 Å². The van der Waals surface area contributed by atoms with Crippen molar-refractivity contribution < 1.29 is 5.11 Å². The highest BCUT2D eigenvalue weighted by Gasteiger charge is 2.22. The maximum absolute atomic E-state index is 9.46. The summed E-state index contributed by atoms with van der Waals surface area (Å²) in [5, 5.41) is 26.2. The fraction of sp³-hybridized carbons (Fsp3) is 0.667. The molecule has 0 radical (unpaired) electrons. The second-order valence-electron chi connectivity index (χ2n) is 4.69. The quantitative estimate of drug-likeness (QED) is 0.744. The van der Waals surface area contributed by atoms with Crippen LogP contribution in [0.4, 0.5) is 11.6 Å². The maximum atomic E-state index is 9.46. The third-order valence-corrected chi connectivity index (χ3v) is 3.44. The van der Waals surface area contributed by atoms with Gasteiger partial charge in [0.25, 0.3) is 0 Å². The standard InChI is InChI=1S/C12H19N5O/c1-2-17-11(14)10(7-13)12(16-17)15-8-3-5-9(18)6-4-8/h8-9,18H,2-6,14H2,1H3,(H,15,16). The van der Waals surface area contributed by atoms with Crippen molar-refractivity contribution in [2.24, 2.45) is 0 Å². The maximum Gasteiger partial charge on any atom is 0.168 e. The molecule has 1 fully saturated rings. The van der Waals surface area contributed by atoms with Crippen molar-refractivity contribution in [2.45, 2.75) is 51.3 Å². The molecule has 4 N–H and O–H groups in total. The number of nitrogens with two attached hydrogens (primary N) is 1. The van der Waals surface area contributed by atoms with Gasteiger partial charge in [-0.15, -0.1) is 0 Å². The van der Waals surface area contributed by atoms with E-state index in [4.69, 9.17) is 11.0 Å². The molecule has 1 aromatic heterocycles.